The lowest BCUT2D eigenvalue weighted by Gasteiger charge is -2.09. The molecule has 0 aliphatic rings. The highest BCUT2D eigenvalue weighted by Gasteiger charge is 2.18. The van der Waals surface area contributed by atoms with Crippen LogP contribution in [0, 0.1) is 13.8 Å². The third-order valence-electron chi connectivity index (χ3n) is 3.88. The number of hydrogen-bond acceptors (Lipinski definition) is 5. The predicted molar refractivity (Wildman–Crippen MR) is 89.0 cm³/mol. The van der Waals surface area contributed by atoms with Crippen LogP contribution >= 0.6 is 11.3 Å². The summed E-state index contributed by atoms with van der Waals surface area (Å²) in [6, 6.07) is 5.81. The van der Waals surface area contributed by atoms with Crippen molar-refractivity contribution in [1.82, 2.24) is 9.38 Å². The van der Waals surface area contributed by atoms with Gasteiger partial charge >= 0.3 is 0 Å². The van der Waals surface area contributed by atoms with E-state index in [1.807, 2.05) is 18.2 Å². The van der Waals surface area contributed by atoms with Gasteiger partial charge in [-0.1, -0.05) is 0 Å². The second kappa shape index (κ2) is 5.62. The smallest absolute Gasteiger partial charge is 0.194 e. The highest BCUT2D eigenvalue weighted by Crippen LogP contribution is 2.35. The van der Waals surface area contributed by atoms with E-state index < -0.39 is 0 Å². The average molecular weight is 317 g/mol. The maximum Gasteiger partial charge on any atom is 0.194 e. The molecule has 0 radical (unpaired) electrons. The lowest BCUT2D eigenvalue weighted by Crippen LogP contribution is -2.03. The number of nitrogens with two attached hydrogens (primary N) is 1. The number of aromatic nitrogens is 2. The van der Waals surface area contributed by atoms with Gasteiger partial charge in [0.25, 0.3) is 0 Å². The molecule has 0 spiro atoms. The number of fused-ring (bicyclic) bond motifs is 1. The second-order valence-corrected chi connectivity index (χ2v) is 6.22. The van der Waals surface area contributed by atoms with Crippen molar-refractivity contribution in [3.05, 3.63) is 34.5 Å². The van der Waals surface area contributed by atoms with E-state index in [1.54, 1.807) is 25.6 Å². The zero-order chi connectivity index (χ0) is 15.9. The number of methoxy groups -OCH3 is 2. The number of hydrogen-bond donors (Lipinski definition) is 1. The van der Waals surface area contributed by atoms with Crippen molar-refractivity contribution >= 4 is 16.3 Å². The molecule has 3 rings (SSSR count). The minimum absolute atomic E-state index is 0.432. The monoisotopic (exact) mass is 317 g/mol. The van der Waals surface area contributed by atoms with Gasteiger partial charge in [0.15, 0.2) is 16.5 Å². The van der Waals surface area contributed by atoms with E-state index in [-0.39, 0.29) is 0 Å². The predicted octanol–water partition coefficient (Wildman–Crippen LogP) is 3.16. The van der Waals surface area contributed by atoms with Gasteiger partial charge in [0.05, 0.1) is 25.6 Å². The van der Waals surface area contributed by atoms with E-state index >= 15 is 0 Å². The van der Waals surface area contributed by atoms with Crippen molar-refractivity contribution in [2.24, 2.45) is 5.73 Å². The first-order chi connectivity index (χ1) is 10.6. The molecule has 0 amide bonds. The topological polar surface area (TPSA) is 61.8 Å². The van der Waals surface area contributed by atoms with E-state index in [0.717, 1.165) is 21.9 Å². The Morgan fingerprint density at radius 2 is 1.91 bits per heavy atom. The lowest BCUT2D eigenvalue weighted by molar-refractivity contribution is 0.355. The molecular formula is C16H19N3O2S. The van der Waals surface area contributed by atoms with E-state index in [0.29, 0.717) is 18.0 Å². The Hall–Kier alpha value is -2.05. The number of aryl methyl sites for hydroxylation is 2. The molecule has 116 valence electrons. The third-order valence-corrected chi connectivity index (χ3v) is 4.94. The molecule has 2 heterocycles. The Labute approximate surface area is 133 Å². The Morgan fingerprint density at radius 3 is 2.55 bits per heavy atom. The maximum atomic E-state index is 5.99. The van der Waals surface area contributed by atoms with Crippen LogP contribution in [0.4, 0.5) is 0 Å². The third kappa shape index (κ3) is 2.15. The van der Waals surface area contributed by atoms with Gasteiger partial charge in [0.2, 0.25) is 0 Å². The Morgan fingerprint density at radius 1 is 1.18 bits per heavy atom. The normalized spacial score (nSPS) is 11.1. The molecule has 0 saturated heterocycles. The fraction of sp³-hybridized carbons (Fsp3) is 0.312. The van der Waals surface area contributed by atoms with Crippen LogP contribution in [0.1, 0.15) is 16.3 Å². The molecule has 1 aromatic carbocycles. The summed E-state index contributed by atoms with van der Waals surface area (Å²) in [5.74, 6) is 1.39. The standard InChI is InChI=1S/C16H19N3O2S/c1-9-10(2)22-16-18-15(12(8-17)19(9)16)11-5-6-13(20-3)14(7-11)21-4/h5-7H,8,17H2,1-4H3. The van der Waals surface area contributed by atoms with E-state index in [1.165, 1.54) is 10.6 Å². The first-order valence-electron chi connectivity index (χ1n) is 7.00. The molecule has 0 unspecified atom stereocenters. The second-order valence-electron chi connectivity index (χ2n) is 5.04. The minimum atomic E-state index is 0.432. The minimum Gasteiger partial charge on any atom is -0.493 e. The molecular weight excluding hydrogens is 298 g/mol. The first-order valence-corrected chi connectivity index (χ1v) is 7.82. The van der Waals surface area contributed by atoms with Crippen LogP contribution < -0.4 is 15.2 Å². The zero-order valence-electron chi connectivity index (χ0n) is 13.1. The van der Waals surface area contributed by atoms with Crippen molar-refractivity contribution in [2.75, 3.05) is 14.2 Å². The van der Waals surface area contributed by atoms with Gasteiger partial charge in [0, 0.05) is 22.7 Å². The summed E-state index contributed by atoms with van der Waals surface area (Å²) in [4.78, 5) is 7.00. The molecule has 0 aliphatic carbocycles. The highest BCUT2D eigenvalue weighted by atomic mass is 32.1. The first kappa shape index (κ1) is 14.9. The van der Waals surface area contributed by atoms with Crippen molar-refractivity contribution in [1.29, 1.82) is 0 Å². The van der Waals surface area contributed by atoms with Crippen molar-refractivity contribution in [3.8, 4) is 22.8 Å². The number of rotatable bonds is 4. The number of thiazole rings is 1. The summed E-state index contributed by atoms with van der Waals surface area (Å²) in [6.07, 6.45) is 0. The molecule has 2 N–H and O–H groups in total. The van der Waals surface area contributed by atoms with Crippen LogP contribution in [0.15, 0.2) is 18.2 Å². The van der Waals surface area contributed by atoms with Crippen LogP contribution in [0.2, 0.25) is 0 Å². The largest absolute Gasteiger partial charge is 0.493 e. The van der Waals surface area contributed by atoms with Gasteiger partial charge in [-0.3, -0.25) is 4.40 Å². The average Bonchev–Trinajstić information content (AvgIpc) is 3.03. The highest BCUT2D eigenvalue weighted by molar-refractivity contribution is 7.17. The van der Waals surface area contributed by atoms with Crippen LogP contribution in [0.3, 0.4) is 0 Å². The summed E-state index contributed by atoms with van der Waals surface area (Å²) in [7, 11) is 3.26. The summed E-state index contributed by atoms with van der Waals surface area (Å²) in [5, 5.41) is 0. The molecule has 2 aromatic heterocycles. The summed E-state index contributed by atoms with van der Waals surface area (Å²) in [5.41, 5.74) is 10.1. The summed E-state index contributed by atoms with van der Waals surface area (Å²) >= 11 is 1.68. The van der Waals surface area contributed by atoms with Crippen LogP contribution in [0.25, 0.3) is 16.2 Å². The SMILES string of the molecule is COc1ccc(-c2nc3sc(C)c(C)n3c2CN)cc1OC. The van der Waals surface area contributed by atoms with Crippen molar-refractivity contribution in [3.63, 3.8) is 0 Å². The Bertz CT molecular complexity index is 836. The molecule has 3 aromatic rings. The fourth-order valence-electron chi connectivity index (χ4n) is 2.62. The number of ether oxygens (including phenoxy) is 2. The molecule has 0 fully saturated rings. The van der Waals surface area contributed by atoms with Crippen molar-refractivity contribution in [2.45, 2.75) is 20.4 Å². The van der Waals surface area contributed by atoms with E-state index in [2.05, 4.69) is 18.2 Å². The molecule has 5 nitrogen and oxygen atoms in total. The zero-order valence-corrected chi connectivity index (χ0v) is 14.0. The quantitative estimate of drug-likeness (QED) is 0.803. The summed E-state index contributed by atoms with van der Waals surface area (Å²) in [6.45, 7) is 4.63. The number of benzene rings is 1. The molecule has 0 bridgehead atoms. The lowest BCUT2D eigenvalue weighted by atomic mass is 10.1. The molecule has 0 aliphatic heterocycles. The molecule has 0 atom stereocenters. The Kier molecular flexibility index (Phi) is 3.80. The number of imidazole rings is 1. The number of nitrogens with zero attached hydrogens (tertiary/aromatic N) is 2. The molecule has 0 saturated carbocycles. The Balaban J connectivity index is 2.22. The fourth-order valence-corrected chi connectivity index (χ4v) is 3.60. The van der Waals surface area contributed by atoms with Crippen LogP contribution in [-0.2, 0) is 6.54 Å². The summed E-state index contributed by atoms with van der Waals surface area (Å²) < 4.78 is 12.8. The van der Waals surface area contributed by atoms with Gasteiger partial charge in [0.1, 0.15) is 0 Å². The van der Waals surface area contributed by atoms with E-state index in [9.17, 15) is 0 Å². The van der Waals surface area contributed by atoms with Gasteiger partial charge < -0.3 is 15.2 Å². The van der Waals surface area contributed by atoms with Gasteiger partial charge in [-0.15, -0.1) is 11.3 Å². The van der Waals surface area contributed by atoms with Gasteiger partial charge in [-0.05, 0) is 32.0 Å². The van der Waals surface area contributed by atoms with E-state index in [4.69, 9.17) is 20.2 Å². The molecule has 6 heteroatoms. The van der Waals surface area contributed by atoms with Gasteiger partial charge in [-0.2, -0.15) is 0 Å². The van der Waals surface area contributed by atoms with Crippen LogP contribution in [-0.4, -0.2) is 23.6 Å². The molecule has 22 heavy (non-hydrogen) atoms. The van der Waals surface area contributed by atoms with Crippen LogP contribution in [0.5, 0.6) is 11.5 Å². The van der Waals surface area contributed by atoms with Gasteiger partial charge in [-0.25, -0.2) is 4.98 Å². The maximum absolute atomic E-state index is 5.99. The van der Waals surface area contributed by atoms with Crippen molar-refractivity contribution < 1.29 is 9.47 Å².